The van der Waals surface area contributed by atoms with E-state index in [4.69, 9.17) is 0 Å². The van der Waals surface area contributed by atoms with Crippen LogP contribution in [0, 0.1) is 0 Å². The van der Waals surface area contributed by atoms with Crippen molar-refractivity contribution in [3.63, 3.8) is 0 Å². The van der Waals surface area contributed by atoms with Crippen LogP contribution in [0.15, 0.2) is 9.59 Å². The van der Waals surface area contributed by atoms with Gasteiger partial charge < -0.3 is 10.1 Å². The van der Waals surface area contributed by atoms with Crippen LogP contribution in [0.25, 0.3) is 0 Å². The Balaban J connectivity index is 0.000000810. The molecule has 0 saturated heterocycles. The van der Waals surface area contributed by atoms with E-state index in [2.05, 4.69) is 4.98 Å². The van der Waals surface area contributed by atoms with E-state index in [0.29, 0.717) is 0 Å². The molecular formula is C3H2KN3O3. The summed E-state index contributed by atoms with van der Waals surface area (Å²) in [4.78, 5) is 26.6. The summed E-state index contributed by atoms with van der Waals surface area (Å²) in [5, 5.41) is 10.1. The molecule has 0 aliphatic heterocycles. The maximum absolute atomic E-state index is 10.2. The summed E-state index contributed by atoms with van der Waals surface area (Å²) < 4.78 is 0. The number of hydrogen-bond donors (Lipinski definition) is 2. The van der Waals surface area contributed by atoms with Gasteiger partial charge in [0.05, 0.1) is 6.01 Å². The summed E-state index contributed by atoms with van der Waals surface area (Å²) >= 11 is 0. The molecule has 1 aromatic heterocycles. The minimum Gasteiger partial charge on any atom is -0.846 e. The van der Waals surface area contributed by atoms with Gasteiger partial charge >= 0.3 is 62.8 Å². The van der Waals surface area contributed by atoms with Gasteiger partial charge in [-0.1, -0.05) is 0 Å². The van der Waals surface area contributed by atoms with Gasteiger partial charge in [0, 0.05) is 0 Å². The fourth-order valence-electron chi connectivity index (χ4n) is 0.374. The molecule has 2 N–H and O–H groups in total. The predicted molar refractivity (Wildman–Crippen MR) is 24.9 cm³/mol. The van der Waals surface area contributed by atoms with Crippen molar-refractivity contribution >= 4 is 0 Å². The topological polar surface area (TPSA) is 102 Å². The standard InChI is InChI=1S/C3H3N3O3.K/c7-1-4-2(8)6-3(9)5-1;/h(H3,4,5,6,7,8,9);/q;+1/p-1. The second-order valence-electron chi connectivity index (χ2n) is 1.30. The molecule has 48 valence electrons. The summed E-state index contributed by atoms with van der Waals surface area (Å²) in [6, 6.07) is -0.927. The molecule has 0 atom stereocenters. The van der Waals surface area contributed by atoms with Crippen LogP contribution in [-0.2, 0) is 0 Å². The molecule has 10 heavy (non-hydrogen) atoms. The zero-order valence-corrected chi connectivity index (χ0v) is 8.30. The molecular weight excluding hydrogens is 165 g/mol. The molecule has 1 aromatic rings. The predicted octanol–water partition coefficient (Wildman–Crippen LogP) is -5.46. The molecule has 0 aliphatic carbocycles. The van der Waals surface area contributed by atoms with Crippen LogP contribution in [0.5, 0.6) is 6.01 Å². The Morgan fingerprint density at radius 2 is 1.90 bits per heavy atom. The third kappa shape index (κ3) is 2.75. The zero-order valence-electron chi connectivity index (χ0n) is 5.17. The normalized spacial score (nSPS) is 8.40. The minimum absolute atomic E-state index is 0. The molecule has 0 spiro atoms. The zero-order chi connectivity index (χ0) is 6.85. The van der Waals surface area contributed by atoms with E-state index >= 15 is 0 Å². The molecule has 1 heterocycles. The number of hydrogen-bond acceptors (Lipinski definition) is 4. The average Bonchev–Trinajstić information content (AvgIpc) is 1.59. The van der Waals surface area contributed by atoms with Crippen molar-refractivity contribution in [3.8, 4) is 6.01 Å². The monoisotopic (exact) mass is 167 g/mol. The van der Waals surface area contributed by atoms with Crippen LogP contribution < -0.4 is 67.9 Å². The van der Waals surface area contributed by atoms with Crippen LogP contribution in [-0.4, -0.2) is 15.0 Å². The van der Waals surface area contributed by atoms with Crippen molar-refractivity contribution < 1.29 is 56.5 Å². The Morgan fingerprint density at radius 1 is 1.30 bits per heavy atom. The van der Waals surface area contributed by atoms with E-state index in [-0.39, 0.29) is 51.4 Å². The van der Waals surface area contributed by atoms with E-state index in [1.807, 2.05) is 0 Å². The van der Waals surface area contributed by atoms with Gasteiger partial charge in [0.25, 0.3) is 0 Å². The summed E-state index contributed by atoms with van der Waals surface area (Å²) in [7, 11) is 0. The first-order chi connectivity index (χ1) is 4.18. The first-order valence-electron chi connectivity index (χ1n) is 2.06. The van der Waals surface area contributed by atoms with E-state index in [0.717, 1.165) is 0 Å². The van der Waals surface area contributed by atoms with Gasteiger partial charge in [-0.15, -0.1) is 0 Å². The maximum Gasteiger partial charge on any atom is 1.00 e. The number of H-pyrrole nitrogens is 2. The molecule has 0 bridgehead atoms. The molecule has 0 radical (unpaired) electrons. The van der Waals surface area contributed by atoms with Crippen molar-refractivity contribution in [2.24, 2.45) is 0 Å². The van der Waals surface area contributed by atoms with Crippen molar-refractivity contribution in [2.45, 2.75) is 0 Å². The van der Waals surface area contributed by atoms with E-state index < -0.39 is 17.4 Å². The minimum atomic E-state index is -0.927. The third-order valence-electron chi connectivity index (χ3n) is 0.644. The van der Waals surface area contributed by atoms with Crippen LogP contribution in [0.3, 0.4) is 0 Å². The summed E-state index contributed by atoms with van der Waals surface area (Å²) in [5.74, 6) is 0. The molecule has 0 aromatic carbocycles. The molecule has 0 unspecified atom stereocenters. The summed E-state index contributed by atoms with van der Waals surface area (Å²) in [6.07, 6.45) is 0. The van der Waals surface area contributed by atoms with Crippen molar-refractivity contribution in [3.05, 3.63) is 21.0 Å². The second-order valence-corrected chi connectivity index (χ2v) is 1.30. The Hall–Kier alpha value is 0.0464. The van der Waals surface area contributed by atoms with Crippen LogP contribution >= 0.6 is 0 Å². The fraction of sp³-hybridized carbons (Fsp3) is 0. The van der Waals surface area contributed by atoms with E-state index in [1.165, 1.54) is 0 Å². The SMILES string of the molecule is O=c1nc([O-])[nH]c(=O)[nH]1.[K+]. The third-order valence-corrected chi connectivity index (χ3v) is 0.644. The van der Waals surface area contributed by atoms with Crippen LogP contribution in [0.1, 0.15) is 0 Å². The number of nitrogens with one attached hydrogen (secondary N) is 2. The average molecular weight is 167 g/mol. The van der Waals surface area contributed by atoms with Gasteiger partial charge in [-0.2, -0.15) is 4.98 Å². The van der Waals surface area contributed by atoms with Crippen molar-refractivity contribution in [1.29, 1.82) is 0 Å². The van der Waals surface area contributed by atoms with Crippen molar-refractivity contribution in [1.82, 2.24) is 15.0 Å². The molecule has 0 amide bonds. The smallest absolute Gasteiger partial charge is 0.846 e. The van der Waals surface area contributed by atoms with Gasteiger partial charge in [0.2, 0.25) is 0 Å². The first-order valence-corrected chi connectivity index (χ1v) is 2.06. The van der Waals surface area contributed by atoms with Crippen LogP contribution in [0.2, 0.25) is 0 Å². The number of aromatic nitrogens is 3. The summed E-state index contributed by atoms with van der Waals surface area (Å²) in [5.41, 5.74) is -1.76. The molecule has 0 aliphatic rings. The van der Waals surface area contributed by atoms with E-state index in [1.54, 1.807) is 9.97 Å². The fourth-order valence-corrected chi connectivity index (χ4v) is 0.374. The largest absolute Gasteiger partial charge is 1.00 e. The summed E-state index contributed by atoms with van der Waals surface area (Å²) in [6.45, 7) is 0. The Kier molecular flexibility index (Phi) is 4.05. The van der Waals surface area contributed by atoms with Gasteiger partial charge in [-0.3, -0.25) is 4.98 Å². The molecule has 6 nitrogen and oxygen atoms in total. The van der Waals surface area contributed by atoms with Crippen LogP contribution in [0.4, 0.5) is 0 Å². The Bertz CT molecular complexity index is 287. The Morgan fingerprint density at radius 3 is 2.30 bits per heavy atom. The second kappa shape index (κ2) is 4.04. The maximum atomic E-state index is 10.2. The number of aromatic amines is 2. The van der Waals surface area contributed by atoms with Crippen molar-refractivity contribution in [2.75, 3.05) is 0 Å². The number of nitrogens with zero attached hydrogens (tertiary/aromatic N) is 1. The molecule has 0 fully saturated rings. The van der Waals surface area contributed by atoms with Gasteiger partial charge in [-0.25, -0.2) is 9.59 Å². The number of rotatable bonds is 0. The van der Waals surface area contributed by atoms with E-state index in [9.17, 15) is 14.7 Å². The molecule has 1 rings (SSSR count). The van der Waals surface area contributed by atoms with Gasteiger partial charge in [-0.05, 0) is 0 Å². The molecule has 0 saturated carbocycles. The molecule has 7 heteroatoms. The quantitative estimate of drug-likeness (QED) is 0.376. The van der Waals surface area contributed by atoms with Gasteiger partial charge in [0.1, 0.15) is 0 Å². The Labute approximate surface area is 97.1 Å². The van der Waals surface area contributed by atoms with Gasteiger partial charge in [0.15, 0.2) is 0 Å². The first kappa shape index (κ1) is 10.0.